The lowest BCUT2D eigenvalue weighted by Crippen LogP contribution is -2.43. The largest absolute Gasteiger partial charge is 0.480 e. The Morgan fingerprint density at radius 2 is 2.08 bits per heavy atom. The molecule has 0 aromatic heterocycles. The predicted octanol–water partition coefficient (Wildman–Crippen LogP) is 0.452. The van der Waals surface area contributed by atoms with E-state index in [0.717, 1.165) is 25.9 Å². The fraction of sp³-hybridized carbons (Fsp3) is 0.875. The van der Waals surface area contributed by atoms with E-state index in [-0.39, 0.29) is 6.54 Å². The SMILES string of the molecule is O=C(O)CN1CCCCCCN1. The minimum atomic E-state index is -0.761. The molecule has 0 aromatic rings. The topological polar surface area (TPSA) is 52.6 Å². The van der Waals surface area contributed by atoms with E-state index in [4.69, 9.17) is 5.11 Å². The molecule has 70 valence electrons. The molecule has 4 heteroatoms. The van der Waals surface area contributed by atoms with Crippen LogP contribution in [0.5, 0.6) is 0 Å². The smallest absolute Gasteiger partial charge is 0.319 e. The molecular formula is C8H16N2O2. The van der Waals surface area contributed by atoms with Gasteiger partial charge in [-0.2, -0.15) is 0 Å². The van der Waals surface area contributed by atoms with E-state index in [1.165, 1.54) is 12.8 Å². The Bertz CT molecular complexity index is 142. The average Bonchev–Trinajstić information content (AvgIpc) is 1.93. The van der Waals surface area contributed by atoms with Crippen LogP contribution in [0.2, 0.25) is 0 Å². The van der Waals surface area contributed by atoms with Gasteiger partial charge in [0.25, 0.3) is 0 Å². The maximum Gasteiger partial charge on any atom is 0.319 e. The Kier molecular flexibility index (Phi) is 4.04. The van der Waals surface area contributed by atoms with E-state index < -0.39 is 5.97 Å². The van der Waals surface area contributed by atoms with E-state index in [0.29, 0.717) is 0 Å². The molecule has 1 aliphatic heterocycles. The summed E-state index contributed by atoms with van der Waals surface area (Å²) in [5.41, 5.74) is 3.11. The average molecular weight is 172 g/mol. The monoisotopic (exact) mass is 172 g/mol. The molecule has 1 aliphatic rings. The first-order valence-corrected chi connectivity index (χ1v) is 4.49. The summed E-state index contributed by atoms with van der Waals surface area (Å²) in [6.07, 6.45) is 4.72. The molecular weight excluding hydrogens is 156 g/mol. The highest BCUT2D eigenvalue weighted by Crippen LogP contribution is 2.03. The molecule has 12 heavy (non-hydrogen) atoms. The molecule has 1 saturated heterocycles. The third kappa shape index (κ3) is 3.69. The minimum Gasteiger partial charge on any atom is -0.480 e. The van der Waals surface area contributed by atoms with Crippen molar-refractivity contribution in [3.05, 3.63) is 0 Å². The number of carbonyl (C=O) groups is 1. The maximum absolute atomic E-state index is 10.4. The highest BCUT2D eigenvalue weighted by molar-refractivity contribution is 5.68. The van der Waals surface area contributed by atoms with E-state index in [1.807, 2.05) is 0 Å². The fourth-order valence-corrected chi connectivity index (χ4v) is 1.40. The summed E-state index contributed by atoms with van der Waals surface area (Å²) in [7, 11) is 0. The zero-order valence-corrected chi connectivity index (χ0v) is 7.25. The minimum absolute atomic E-state index is 0.111. The predicted molar refractivity (Wildman–Crippen MR) is 45.7 cm³/mol. The van der Waals surface area contributed by atoms with Gasteiger partial charge in [-0.3, -0.25) is 10.2 Å². The van der Waals surface area contributed by atoms with Gasteiger partial charge in [-0.25, -0.2) is 5.01 Å². The van der Waals surface area contributed by atoms with Gasteiger partial charge in [-0.05, 0) is 12.8 Å². The van der Waals surface area contributed by atoms with Gasteiger partial charge in [-0.1, -0.05) is 12.8 Å². The van der Waals surface area contributed by atoms with E-state index >= 15 is 0 Å². The highest BCUT2D eigenvalue weighted by Gasteiger charge is 2.09. The third-order valence-electron chi connectivity index (χ3n) is 2.02. The molecule has 1 heterocycles. The number of carboxylic acid groups (broad SMARTS) is 1. The van der Waals surface area contributed by atoms with Crippen molar-refractivity contribution in [2.24, 2.45) is 0 Å². The van der Waals surface area contributed by atoms with Crippen LogP contribution in [0.25, 0.3) is 0 Å². The van der Waals surface area contributed by atoms with Gasteiger partial charge in [-0.15, -0.1) is 0 Å². The summed E-state index contributed by atoms with van der Waals surface area (Å²) >= 11 is 0. The molecule has 0 bridgehead atoms. The molecule has 0 saturated carbocycles. The van der Waals surface area contributed by atoms with Crippen LogP contribution in [-0.2, 0) is 4.79 Å². The van der Waals surface area contributed by atoms with Crippen molar-refractivity contribution in [3.8, 4) is 0 Å². The van der Waals surface area contributed by atoms with Crippen LogP contribution in [0.3, 0.4) is 0 Å². The van der Waals surface area contributed by atoms with Gasteiger partial charge in [0, 0.05) is 13.1 Å². The normalized spacial score (nSPS) is 21.3. The van der Waals surface area contributed by atoms with Gasteiger partial charge in [0.1, 0.15) is 6.54 Å². The quantitative estimate of drug-likeness (QED) is 0.635. The van der Waals surface area contributed by atoms with Gasteiger partial charge in [0.2, 0.25) is 0 Å². The van der Waals surface area contributed by atoms with Crippen LogP contribution >= 0.6 is 0 Å². The molecule has 4 nitrogen and oxygen atoms in total. The molecule has 0 aliphatic carbocycles. The zero-order valence-electron chi connectivity index (χ0n) is 7.25. The lowest BCUT2D eigenvalue weighted by Gasteiger charge is -2.23. The van der Waals surface area contributed by atoms with Crippen molar-refractivity contribution >= 4 is 5.97 Å². The molecule has 0 spiro atoms. The lowest BCUT2D eigenvalue weighted by atomic mass is 10.2. The van der Waals surface area contributed by atoms with Gasteiger partial charge in [0.05, 0.1) is 0 Å². The van der Waals surface area contributed by atoms with E-state index in [1.54, 1.807) is 5.01 Å². The summed E-state index contributed by atoms with van der Waals surface area (Å²) < 4.78 is 0. The molecule has 0 amide bonds. The summed E-state index contributed by atoms with van der Waals surface area (Å²) in [4.78, 5) is 10.4. The van der Waals surface area contributed by atoms with Crippen LogP contribution in [0.1, 0.15) is 25.7 Å². The Balaban J connectivity index is 2.24. The summed E-state index contributed by atoms with van der Waals surface area (Å²) in [5, 5.41) is 10.3. The highest BCUT2D eigenvalue weighted by atomic mass is 16.4. The molecule has 0 atom stereocenters. The van der Waals surface area contributed by atoms with Crippen molar-refractivity contribution in [1.29, 1.82) is 0 Å². The number of aliphatic carboxylic acids is 1. The standard InChI is InChI=1S/C8H16N2O2/c11-8(12)7-10-6-4-2-1-3-5-9-10/h9H,1-7H2,(H,11,12). The van der Waals surface area contributed by atoms with Crippen LogP contribution in [0, 0.1) is 0 Å². The first-order valence-electron chi connectivity index (χ1n) is 4.49. The Labute approximate surface area is 72.5 Å². The second-order valence-electron chi connectivity index (χ2n) is 3.14. The van der Waals surface area contributed by atoms with Crippen molar-refractivity contribution < 1.29 is 9.90 Å². The van der Waals surface area contributed by atoms with E-state index in [9.17, 15) is 4.79 Å². The van der Waals surface area contributed by atoms with Gasteiger partial charge >= 0.3 is 5.97 Å². The van der Waals surface area contributed by atoms with Crippen molar-refractivity contribution in [2.45, 2.75) is 25.7 Å². The lowest BCUT2D eigenvalue weighted by molar-refractivity contribution is -0.139. The first kappa shape index (κ1) is 9.48. The Morgan fingerprint density at radius 3 is 2.83 bits per heavy atom. The van der Waals surface area contributed by atoms with Crippen LogP contribution in [0.15, 0.2) is 0 Å². The van der Waals surface area contributed by atoms with Crippen LogP contribution < -0.4 is 5.43 Å². The second-order valence-corrected chi connectivity index (χ2v) is 3.14. The zero-order chi connectivity index (χ0) is 8.81. The number of rotatable bonds is 2. The van der Waals surface area contributed by atoms with Gasteiger partial charge in [0.15, 0.2) is 0 Å². The second kappa shape index (κ2) is 5.11. The molecule has 0 aromatic carbocycles. The Morgan fingerprint density at radius 1 is 1.33 bits per heavy atom. The molecule has 1 rings (SSSR count). The summed E-state index contributed by atoms with van der Waals surface area (Å²) in [6, 6.07) is 0. The third-order valence-corrected chi connectivity index (χ3v) is 2.02. The van der Waals surface area contributed by atoms with Crippen LogP contribution in [-0.4, -0.2) is 35.7 Å². The number of nitrogens with one attached hydrogen (secondary N) is 1. The number of carboxylic acids is 1. The first-order chi connectivity index (χ1) is 5.79. The fourth-order valence-electron chi connectivity index (χ4n) is 1.40. The summed E-state index contributed by atoms with van der Waals surface area (Å²) in [6.45, 7) is 1.87. The molecule has 0 radical (unpaired) electrons. The number of hydrogen-bond donors (Lipinski definition) is 2. The molecule has 2 N–H and O–H groups in total. The molecule has 0 unspecified atom stereocenters. The van der Waals surface area contributed by atoms with Crippen molar-refractivity contribution in [3.63, 3.8) is 0 Å². The van der Waals surface area contributed by atoms with Crippen LogP contribution in [0.4, 0.5) is 0 Å². The summed E-state index contributed by atoms with van der Waals surface area (Å²) in [5.74, 6) is -0.761. The molecule has 1 fully saturated rings. The van der Waals surface area contributed by atoms with Crippen molar-refractivity contribution in [2.75, 3.05) is 19.6 Å². The number of nitrogens with zero attached hydrogens (tertiary/aromatic N) is 1. The maximum atomic E-state index is 10.4. The van der Waals surface area contributed by atoms with Gasteiger partial charge < -0.3 is 5.11 Å². The van der Waals surface area contributed by atoms with E-state index in [2.05, 4.69) is 5.43 Å². The van der Waals surface area contributed by atoms with Crippen molar-refractivity contribution in [1.82, 2.24) is 10.4 Å². The number of hydrazine groups is 1. The number of hydrogen-bond acceptors (Lipinski definition) is 3. The Hall–Kier alpha value is -0.610.